The van der Waals surface area contributed by atoms with Crippen LogP contribution >= 0.6 is 39.1 Å². The molecule has 1 rings (SSSR count). The molecule has 1 N–H and O–H groups in total. The van der Waals surface area contributed by atoms with Crippen molar-refractivity contribution in [2.24, 2.45) is 0 Å². The molecule has 102 valence electrons. The minimum atomic E-state index is -2.99. The van der Waals surface area contributed by atoms with E-state index in [9.17, 15) is 8.42 Å². The highest BCUT2D eigenvalue weighted by atomic mass is 79.9. The maximum Gasteiger partial charge on any atom is 0.152 e. The van der Waals surface area contributed by atoms with Gasteiger partial charge in [-0.05, 0) is 18.6 Å². The largest absolute Gasteiger partial charge is 0.382 e. The molecular formula is C11H14BrCl2NO2S. The summed E-state index contributed by atoms with van der Waals surface area (Å²) in [6, 6.07) is 3.41. The summed E-state index contributed by atoms with van der Waals surface area (Å²) in [6.07, 6.45) is 0.627. The summed E-state index contributed by atoms with van der Waals surface area (Å²) >= 11 is 15.3. The molecule has 0 amide bonds. The Balaban J connectivity index is 2.65. The smallest absolute Gasteiger partial charge is 0.152 e. The second-order valence-corrected chi connectivity index (χ2v) is 7.86. The van der Waals surface area contributed by atoms with Gasteiger partial charge < -0.3 is 5.32 Å². The van der Waals surface area contributed by atoms with Gasteiger partial charge in [-0.15, -0.1) is 0 Å². The van der Waals surface area contributed by atoms with Crippen molar-refractivity contribution in [2.45, 2.75) is 13.3 Å². The molecule has 0 bridgehead atoms. The zero-order valence-electron chi connectivity index (χ0n) is 9.84. The molecule has 0 aliphatic rings. The summed E-state index contributed by atoms with van der Waals surface area (Å²) in [4.78, 5) is 0. The molecule has 0 saturated carbocycles. The van der Waals surface area contributed by atoms with Crippen molar-refractivity contribution in [2.75, 3.05) is 23.4 Å². The Labute approximate surface area is 126 Å². The molecule has 0 saturated heterocycles. The zero-order chi connectivity index (χ0) is 13.8. The van der Waals surface area contributed by atoms with Crippen LogP contribution in [0.25, 0.3) is 0 Å². The SMILES string of the molecule is CCCS(=O)(=O)CCNc1c(Cl)cc(Br)cc1Cl. The average Bonchev–Trinajstić information content (AvgIpc) is 2.21. The molecule has 18 heavy (non-hydrogen) atoms. The van der Waals surface area contributed by atoms with Crippen LogP contribution < -0.4 is 5.32 Å². The Morgan fingerprint density at radius 1 is 1.22 bits per heavy atom. The first kappa shape index (κ1) is 16.1. The van der Waals surface area contributed by atoms with E-state index >= 15 is 0 Å². The van der Waals surface area contributed by atoms with E-state index in [1.54, 1.807) is 12.1 Å². The first-order valence-electron chi connectivity index (χ1n) is 5.44. The molecule has 0 aromatic heterocycles. The van der Waals surface area contributed by atoms with Crippen molar-refractivity contribution in [1.29, 1.82) is 0 Å². The average molecular weight is 375 g/mol. The van der Waals surface area contributed by atoms with Gasteiger partial charge in [0, 0.05) is 16.8 Å². The number of benzene rings is 1. The molecule has 0 fully saturated rings. The van der Waals surface area contributed by atoms with E-state index in [4.69, 9.17) is 23.2 Å². The van der Waals surface area contributed by atoms with Gasteiger partial charge in [-0.1, -0.05) is 46.1 Å². The summed E-state index contributed by atoms with van der Waals surface area (Å²) in [7, 11) is -2.99. The Bertz CT molecular complexity index is 497. The number of anilines is 1. The second kappa shape index (κ2) is 6.98. The highest BCUT2D eigenvalue weighted by Gasteiger charge is 2.11. The topological polar surface area (TPSA) is 46.2 Å². The Hall–Kier alpha value is 0.0300. The van der Waals surface area contributed by atoms with Gasteiger partial charge in [0.15, 0.2) is 9.84 Å². The van der Waals surface area contributed by atoms with Crippen molar-refractivity contribution in [1.82, 2.24) is 0 Å². The quantitative estimate of drug-likeness (QED) is 0.818. The fourth-order valence-corrected chi connectivity index (χ4v) is 4.04. The molecule has 0 unspecified atom stereocenters. The van der Waals surface area contributed by atoms with Crippen LogP contribution in [0.15, 0.2) is 16.6 Å². The number of nitrogens with one attached hydrogen (secondary N) is 1. The lowest BCUT2D eigenvalue weighted by atomic mass is 10.3. The van der Waals surface area contributed by atoms with E-state index in [2.05, 4.69) is 21.2 Å². The second-order valence-electron chi connectivity index (χ2n) is 3.82. The standard InChI is InChI=1S/C11H14BrCl2NO2S/c1-2-4-18(16,17)5-3-15-11-9(13)6-8(12)7-10(11)14/h6-7,15H,2-5H2,1H3. The third-order valence-electron chi connectivity index (χ3n) is 2.24. The van der Waals surface area contributed by atoms with Gasteiger partial charge in [-0.25, -0.2) is 8.42 Å². The fourth-order valence-electron chi connectivity index (χ4n) is 1.46. The fraction of sp³-hybridized carbons (Fsp3) is 0.455. The van der Waals surface area contributed by atoms with Crippen LogP contribution in [-0.4, -0.2) is 26.5 Å². The van der Waals surface area contributed by atoms with Crippen molar-refractivity contribution < 1.29 is 8.42 Å². The van der Waals surface area contributed by atoms with Gasteiger partial charge in [-0.3, -0.25) is 0 Å². The third kappa shape index (κ3) is 4.96. The number of halogens is 3. The van der Waals surface area contributed by atoms with Crippen LogP contribution in [0.3, 0.4) is 0 Å². The van der Waals surface area contributed by atoms with Crippen LogP contribution in [0.2, 0.25) is 10.0 Å². The first-order chi connectivity index (χ1) is 8.35. The molecule has 0 heterocycles. The molecule has 0 aliphatic heterocycles. The number of rotatable bonds is 6. The van der Waals surface area contributed by atoms with E-state index in [0.29, 0.717) is 28.7 Å². The number of hydrogen-bond acceptors (Lipinski definition) is 3. The van der Waals surface area contributed by atoms with Gasteiger partial charge in [0.1, 0.15) is 0 Å². The Kier molecular flexibility index (Phi) is 6.24. The summed E-state index contributed by atoms with van der Waals surface area (Å²) in [5.41, 5.74) is 0.563. The Morgan fingerprint density at radius 2 is 1.78 bits per heavy atom. The maximum atomic E-state index is 11.5. The summed E-state index contributed by atoms with van der Waals surface area (Å²) in [5, 5.41) is 3.88. The van der Waals surface area contributed by atoms with E-state index < -0.39 is 9.84 Å². The van der Waals surface area contributed by atoms with Gasteiger partial charge >= 0.3 is 0 Å². The van der Waals surface area contributed by atoms with E-state index in [-0.39, 0.29) is 11.5 Å². The predicted molar refractivity (Wildman–Crippen MR) is 81.6 cm³/mol. The molecular weight excluding hydrogens is 361 g/mol. The molecule has 0 radical (unpaired) electrons. The highest BCUT2D eigenvalue weighted by Crippen LogP contribution is 2.33. The normalized spacial score (nSPS) is 11.6. The lowest BCUT2D eigenvalue weighted by Gasteiger charge is -2.11. The van der Waals surface area contributed by atoms with Crippen LogP contribution in [0.1, 0.15) is 13.3 Å². The molecule has 1 aromatic carbocycles. The minimum Gasteiger partial charge on any atom is -0.382 e. The van der Waals surface area contributed by atoms with Crippen LogP contribution in [0, 0.1) is 0 Å². The monoisotopic (exact) mass is 373 g/mol. The first-order valence-corrected chi connectivity index (χ1v) is 8.81. The minimum absolute atomic E-state index is 0.0730. The van der Waals surface area contributed by atoms with E-state index in [1.807, 2.05) is 6.92 Å². The number of hydrogen-bond donors (Lipinski definition) is 1. The molecule has 0 spiro atoms. The van der Waals surface area contributed by atoms with Gasteiger partial charge in [0.2, 0.25) is 0 Å². The van der Waals surface area contributed by atoms with Gasteiger partial charge in [0.25, 0.3) is 0 Å². The van der Waals surface area contributed by atoms with E-state index in [0.717, 1.165) is 4.47 Å². The van der Waals surface area contributed by atoms with Crippen LogP contribution in [-0.2, 0) is 9.84 Å². The molecule has 1 aromatic rings. The van der Waals surface area contributed by atoms with Crippen molar-refractivity contribution >= 4 is 54.7 Å². The molecule has 0 aliphatic carbocycles. The number of sulfone groups is 1. The van der Waals surface area contributed by atoms with Crippen molar-refractivity contribution in [3.8, 4) is 0 Å². The predicted octanol–water partition coefficient (Wildman–Crippen LogP) is 3.99. The highest BCUT2D eigenvalue weighted by molar-refractivity contribution is 9.10. The van der Waals surface area contributed by atoms with Crippen LogP contribution in [0.4, 0.5) is 5.69 Å². The summed E-state index contributed by atoms with van der Waals surface area (Å²) in [5.74, 6) is 0.278. The van der Waals surface area contributed by atoms with Crippen LogP contribution in [0.5, 0.6) is 0 Å². The molecule has 0 atom stereocenters. The zero-order valence-corrected chi connectivity index (χ0v) is 13.8. The van der Waals surface area contributed by atoms with Gasteiger partial charge in [-0.2, -0.15) is 0 Å². The van der Waals surface area contributed by atoms with E-state index in [1.165, 1.54) is 0 Å². The molecule has 7 heteroatoms. The molecule has 3 nitrogen and oxygen atoms in total. The summed E-state index contributed by atoms with van der Waals surface area (Å²) < 4.78 is 23.8. The lowest BCUT2D eigenvalue weighted by molar-refractivity contribution is 0.595. The maximum absolute atomic E-state index is 11.5. The van der Waals surface area contributed by atoms with Gasteiger partial charge in [0.05, 0.1) is 21.5 Å². The Morgan fingerprint density at radius 3 is 2.28 bits per heavy atom. The van der Waals surface area contributed by atoms with Crippen molar-refractivity contribution in [3.05, 3.63) is 26.7 Å². The van der Waals surface area contributed by atoms with Crippen molar-refractivity contribution in [3.63, 3.8) is 0 Å². The lowest BCUT2D eigenvalue weighted by Crippen LogP contribution is -2.18. The summed E-state index contributed by atoms with van der Waals surface area (Å²) in [6.45, 7) is 2.14. The third-order valence-corrected chi connectivity index (χ3v) is 5.15.